The maximum absolute atomic E-state index is 12.4. The molecule has 1 heterocycles. The van der Waals surface area contributed by atoms with Crippen molar-refractivity contribution < 1.29 is 4.79 Å². The van der Waals surface area contributed by atoms with Crippen LogP contribution in [0.15, 0.2) is 54.6 Å². The summed E-state index contributed by atoms with van der Waals surface area (Å²) in [5, 5.41) is 3.51. The van der Waals surface area contributed by atoms with E-state index in [1.54, 1.807) is 0 Å². The van der Waals surface area contributed by atoms with Crippen LogP contribution in [0.25, 0.3) is 11.3 Å². The maximum Gasteiger partial charge on any atom is 0.257 e. The molecular weight excluding hydrogens is 318 g/mol. The van der Waals surface area contributed by atoms with Crippen LogP contribution in [0, 0.1) is 6.92 Å². The number of carbonyl (C=O) groups excluding carboxylic acids is 1. The Hall–Kier alpha value is -2.66. The molecule has 5 heteroatoms. The monoisotopic (exact) mass is 337 g/mol. The number of rotatable bonds is 4. The van der Waals surface area contributed by atoms with Crippen LogP contribution >= 0.6 is 11.3 Å². The number of anilines is 2. The zero-order valence-corrected chi connectivity index (χ0v) is 14.7. The zero-order chi connectivity index (χ0) is 17.1. The number of nitrogens with zero attached hydrogens (tertiary/aromatic N) is 2. The summed E-state index contributed by atoms with van der Waals surface area (Å²) >= 11 is 1.49. The van der Waals surface area contributed by atoms with Crippen LogP contribution in [0.5, 0.6) is 0 Å². The molecule has 0 radical (unpaired) electrons. The third-order valence-electron chi connectivity index (χ3n) is 3.71. The topological polar surface area (TPSA) is 45.2 Å². The van der Waals surface area contributed by atoms with Gasteiger partial charge in [0.05, 0.1) is 5.69 Å². The van der Waals surface area contributed by atoms with Gasteiger partial charge in [-0.15, -0.1) is 11.3 Å². The summed E-state index contributed by atoms with van der Waals surface area (Å²) in [6.07, 6.45) is 0. The Morgan fingerprint density at radius 1 is 1.04 bits per heavy atom. The highest BCUT2D eigenvalue weighted by atomic mass is 32.1. The number of amides is 1. The number of aromatic nitrogens is 1. The molecule has 3 aromatic rings. The Labute approximate surface area is 145 Å². The third-order valence-corrected chi connectivity index (χ3v) is 4.60. The fourth-order valence-electron chi connectivity index (χ4n) is 2.39. The summed E-state index contributed by atoms with van der Waals surface area (Å²) < 4.78 is 0. The first kappa shape index (κ1) is 16.2. The molecule has 0 atom stereocenters. The highest BCUT2D eigenvalue weighted by molar-refractivity contribution is 7.16. The van der Waals surface area contributed by atoms with Crippen molar-refractivity contribution in [2.24, 2.45) is 0 Å². The van der Waals surface area contributed by atoms with Gasteiger partial charge in [-0.05, 0) is 31.2 Å². The second-order valence-electron chi connectivity index (χ2n) is 5.69. The Balaban J connectivity index is 1.78. The second kappa shape index (κ2) is 6.84. The van der Waals surface area contributed by atoms with Crippen molar-refractivity contribution >= 4 is 28.1 Å². The van der Waals surface area contributed by atoms with Crippen molar-refractivity contribution in [3.05, 3.63) is 65.0 Å². The molecule has 0 aliphatic rings. The Kier molecular flexibility index (Phi) is 4.62. The van der Waals surface area contributed by atoms with Crippen molar-refractivity contribution in [2.75, 3.05) is 24.3 Å². The van der Waals surface area contributed by atoms with Gasteiger partial charge in [0.1, 0.15) is 0 Å². The summed E-state index contributed by atoms with van der Waals surface area (Å²) in [7, 11) is 3.94. The SMILES string of the molecule is Cc1sc(NC(=O)c2ccc(N(C)C)cc2)nc1-c1ccccc1. The smallest absolute Gasteiger partial charge is 0.257 e. The first-order valence-corrected chi connectivity index (χ1v) is 8.48. The number of benzene rings is 2. The van der Waals surface area contributed by atoms with E-state index in [2.05, 4.69) is 10.3 Å². The molecule has 0 spiro atoms. The quantitative estimate of drug-likeness (QED) is 0.765. The first-order valence-electron chi connectivity index (χ1n) is 7.66. The number of aryl methyl sites for hydroxylation is 1. The maximum atomic E-state index is 12.4. The van der Waals surface area contributed by atoms with Crippen molar-refractivity contribution in [1.82, 2.24) is 4.98 Å². The summed E-state index contributed by atoms with van der Waals surface area (Å²) in [6.45, 7) is 2.02. The minimum atomic E-state index is -0.145. The van der Waals surface area contributed by atoms with Crippen molar-refractivity contribution in [3.63, 3.8) is 0 Å². The van der Waals surface area contributed by atoms with Crippen LogP contribution in [0.3, 0.4) is 0 Å². The second-order valence-corrected chi connectivity index (χ2v) is 6.89. The normalized spacial score (nSPS) is 10.5. The minimum Gasteiger partial charge on any atom is -0.378 e. The van der Waals surface area contributed by atoms with Gasteiger partial charge in [-0.25, -0.2) is 4.98 Å². The molecule has 0 aliphatic heterocycles. The van der Waals surface area contributed by atoms with Gasteiger partial charge in [0, 0.05) is 35.8 Å². The molecule has 1 amide bonds. The van der Waals surface area contributed by atoms with E-state index in [1.807, 2.05) is 80.5 Å². The molecule has 0 saturated heterocycles. The van der Waals surface area contributed by atoms with E-state index in [0.29, 0.717) is 10.7 Å². The van der Waals surface area contributed by atoms with E-state index in [4.69, 9.17) is 0 Å². The van der Waals surface area contributed by atoms with Gasteiger partial charge in [0.15, 0.2) is 5.13 Å². The fourth-order valence-corrected chi connectivity index (χ4v) is 3.22. The number of hydrogen-bond acceptors (Lipinski definition) is 4. The van der Waals surface area contributed by atoms with Crippen molar-refractivity contribution in [3.8, 4) is 11.3 Å². The van der Waals surface area contributed by atoms with Gasteiger partial charge < -0.3 is 4.90 Å². The van der Waals surface area contributed by atoms with Crippen LogP contribution < -0.4 is 10.2 Å². The number of carbonyl (C=O) groups is 1. The molecule has 2 aromatic carbocycles. The molecule has 0 unspecified atom stereocenters. The van der Waals surface area contributed by atoms with Gasteiger partial charge in [0.25, 0.3) is 5.91 Å². The summed E-state index contributed by atoms with van der Waals surface area (Å²) in [6, 6.07) is 17.5. The van der Waals surface area contributed by atoms with Crippen LogP contribution in [0.1, 0.15) is 15.2 Å². The number of hydrogen-bond donors (Lipinski definition) is 1. The van der Waals surface area contributed by atoms with Crippen molar-refractivity contribution in [1.29, 1.82) is 0 Å². The standard InChI is InChI=1S/C19H19N3OS/c1-13-17(14-7-5-4-6-8-14)20-19(24-13)21-18(23)15-9-11-16(12-10-15)22(2)3/h4-12H,1-3H3,(H,20,21,23). The molecule has 0 bridgehead atoms. The molecule has 0 aliphatic carbocycles. The van der Waals surface area contributed by atoms with Gasteiger partial charge >= 0.3 is 0 Å². The van der Waals surface area contributed by atoms with E-state index in [-0.39, 0.29) is 5.91 Å². The predicted octanol–water partition coefficient (Wildman–Crippen LogP) is 4.44. The molecule has 122 valence electrons. The average molecular weight is 337 g/mol. The highest BCUT2D eigenvalue weighted by Gasteiger charge is 2.13. The van der Waals surface area contributed by atoms with Gasteiger partial charge in [-0.2, -0.15) is 0 Å². The Morgan fingerprint density at radius 3 is 2.33 bits per heavy atom. The van der Waals surface area contributed by atoms with Crippen molar-refractivity contribution in [2.45, 2.75) is 6.92 Å². The lowest BCUT2D eigenvalue weighted by atomic mass is 10.1. The van der Waals surface area contributed by atoms with E-state index >= 15 is 0 Å². The van der Waals surface area contributed by atoms with Crippen LogP contribution in [-0.2, 0) is 0 Å². The molecule has 1 N–H and O–H groups in total. The Morgan fingerprint density at radius 2 is 1.71 bits per heavy atom. The van der Waals surface area contributed by atoms with Crippen LogP contribution in [0.2, 0.25) is 0 Å². The van der Waals surface area contributed by atoms with E-state index < -0.39 is 0 Å². The molecule has 24 heavy (non-hydrogen) atoms. The predicted molar refractivity (Wildman–Crippen MR) is 101 cm³/mol. The van der Waals surface area contributed by atoms with E-state index in [9.17, 15) is 4.79 Å². The lowest BCUT2D eigenvalue weighted by Crippen LogP contribution is -2.13. The van der Waals surface area contributed by atoms with E-state index in [1.165, 1.54) is 11.3 Å². The minimum absolute atomic E-state index is 0.145. The molecule has 0 saturated carbocycles. The highest BCUT2D eigenvalue weighted by Crippen LogP contribution is 2.30. The molecular formula is C19H19N3OS. The zero-order valence-electron chi connectivity index (χ0n) is 13.9. The number of thiazole rings is 1. The molecule has 1 aromatic heterocycles. The third kappa shape index (κ3) is 3.46. The van der Waals surface area contributed by atoms with Gasteiger partial charge in [0.2, 0.25) is 0 Å². The number of nitrogens with one attached hydrogen (secondary N) is 1. The lowest BCUT2D eigenvalue weighted by molar-refractivity contribution is 0.102. The summed E-state index contributed by atoms with van der Waals surface area (Å²) in [4.78, 5) is 20.0. The summed E-state index contributed by atoms with van der Waals surface area (Å²) in [5.41, 5.74) is 3.65. The fraction of sp³-hybridized carbons (Fsp3) is 0.158. The van der Waals surface area contributed by atoms with Gasteiger partial charge in [-0.3, -0.25) is 10.1 Å². The largest absolute Gasteiger partial charge is 0.378 e. The summed E-state index contributed by atoms with van der Waals surface area (Å²) in [5.74, 6) is -0.145. The first-order chi connectivity index (χ1) is 11.5. The Bertz CT molecular complexity index is 839. The molecule has 0 fully saturated rings. The van der Waals surface area contributed by atoms with E-state index in [0.717, 1.165) is 21.8 Å². The average Bonchev–Trinajstić information content (AvgIpc) is 2.96. The molecule has 3 rings (SSSR count). The lowest BCUT2D eigenvalue weighted by Gasteiger charge is -2.12. The molecule has 4 nitrogen and oxygen atoms in total. The van der Waals surface area contributed by atoms with Crippen LogP contribution in [-0.4, -0.2) is 25.0 Å². The van der Waals surface area contributed by atoms with Crippen LogP contribution in [0.4, 0.5) is 10.8 Å². The van der Waals surface area contributed by atoms with Gasteiger partial charge in [-0.1, -0.05) is 30.3 Å².